The van der Waals surface area contributed by atoms with E-state index in [-0.39, 0.29) is 35.2 Å². The zero-order valence-electron chi connectivity index (χ0n) is 15.7. The maximum Gasteiger partial charge on any atom is 0.287 e. The fourth-order valence-electron chi connectivity index (χ4n) is 3.69. The zero-order valence-corrected chi connectivity index (χ0v) is 15.7. The van der Waals surface area contributed by atoms with Gasteiger partial charge >= 0.3 is 0 Å². The molecule has 0 saturated carbocycles. The molecule has 0 bridgehead atoms. The molecular weight excluding hydrogens is 334 g/mol. The number of furan rings is 1. The molecule has 0 spiro atoms. The summed E-state index contributed by atoms with van der Waals surface area (Å²) >= 11 is 0. The quantitative estimate of drug-likeness (QED) is 0.887. The summed E-state index contributed by atoms with van der Waals surface area (Å²) in [7, 11) is 0. The highest BCUT2D eigenvalue weighted by Crippen LogP contribution is 2.28. The van der Waals surface area contributed by atoms with Crippen molar-refractivity contribution in [3.8, 4) is 0 Å². The summed E-state index contributed by atoms with van der Waals surface area (Å²) in [6.45, 7) is 7.67. The lowest BCUT2D eigenvalue weighted by atomic mass is 10.0. The Balaban J connectivity index is 1.50. The molecule has 2 fully saturated rings. The summed E-state index contributed by atoms with van der Waals surface area (Å²) in [6.07, 6.45) is 3.19. The molecule has 1 N–H and O–H groups in total. The van der Waals surface area contributed by atoms with E-state index in [2.05, 4.69) is 5.32 Å². The van der Waals surface area contributed by atoms with Gasteiger partial charge in [-0.25, -0.2) is 0 Å². The van der Waals surface area contributed by atoms with E-state index in [1.165, 1.54) is 6.26 Å². The molecule has 1 aromatic rings. The Morgan fingerprint density at radius 1 is 1.23 bits per heavy atom. The van der Waals surface area contributed by atoms with Gasteiger partial charge in [-0.2, -0.15) is 0 Å². The fourth-order valence-corrected chi connectivity index (χ4v) is 3.69. The summed E-state index contributed by atoms with van der Waals surface area (Å²) in [5.41, 5.74) is -0.255. The highest BCUT2D eigenvalue weighted by molar-refractivity contribution is 5.91. The number of nitrogens with one attached hydrogen (secondary N) is 1. The van der Waals surface area contributed by atoms with Gasteiger partial charge in [0.15, 0.2) is 5.76 Å². The van der Waals surface area contributed by atoms with Gasteiger partial charge in [-0.05, 0) is 45.7 Å². The van der Waals surface area contributed by atoms with Crippen molar-refractivity contribution >= 4 is 17.7 Å². The van der Waals surface area contributed by atoms with Gasteiger partial charge in [0.25, 0.3) is 5.91 Å². The average molecular weight is 361 g/mol. The predicted octanol–water partition coefficient (Wildman–Crippen LogP) is 1.65. The van der Waals surface area contributed by atoms with E-state index in [1.807, 2.05) is 25.7 Å². The minimum absolute atomic E-state index is 0.0351. The number of hydrogen-bond acceptors (Lipinski definition) is 4. The van der Waals surface area contributed by atoms with Gasteiger partial charge in [-0.15, -0.1) is 0 Å². The number of piperidine rings is 1. The Hall–Kier alpha value is -2.31. The number of carbonyl (C=O) groups excluding carboxylic acids is 3. The minimum Gasteiger partial charge on any atom is -0.459 e. The van der Waals surface area contributed by atoms with E-state index in [0.29, 0.717) is 44.7 Å². The van der Waals surface area contributed by atoms with Gasteiger partial charge in [-0.3, -0.25) is 14.4 Å². The largest absolute Gasteiger partial charge is 0.459 e. The third kappa shape index (κ3) is 3.92. The second-order valence-electron chi connectivity index (χ2n) is 8.13. The van der Waals surface area contributed by atoms with Gasteiger partial charge in [0, 0.05) is 37.6 Å². The van der Waals surface area contributed by atoms with Crippen molar-refractivity contribution in [2.75, 3.05) is 19.6 Å². The van der Waals surface area contributed by atoms with E-state index >= 15 is 0 Å². The van der Waals surface area contributed by atoms with Crippen LogP contribution >= 0.6 is 0 Å². The monoisotopic (exact) mass is 361 g/mol. The first kappa shape index (κ1) is 18.5. The first-order valence-electron chi connectivity index (χ1n) is 9.19. The normalized spacial score (nSPS) is 22.0. The number of carbonyl (C=O) groups is 3. The van der Waals surface area contributed by atoms with Gasteiger partial charge in [0.1, 0.15) is 0 Å². The SMILES string of the molecule is CC(C)(C)N1CC(C(=O)N2CCC(NC(=O)c3ccco3)CC2)CC1=O. The lowest BCUT2D eigenvalue weighted by Gasteiger charge is -2.35. The molecule has 1 unspecified atom stereocenters. The molecule has 1 atom stereocenters. The molecule has 2 aliphatic heterocycles. The molecular formula is C19H27N3O4. The van der Waals surface area contributed by atoms with E-state index < -0.39 is 0 Å². The molecule has 26 heavy (non-hydrogen) atoms. The Morgan fingerprint density at radius 3 is 2.46 bits per heavy atom. The van der Waals surface area contributed by atoms with Crippen LogP contribution in [-0.2, 0) is 9.59 Å². The van der Waals surface area contributed by atoms with Crippen LogP contribution in [0.2, 0.25) is 0 Å². The van der Waals surface area contributed by atoms with E-state index in [0.717, 1.165) is 0 Å². The molecule has 3 amide bonds. The summed E-state index contributed by atoms with van der Waals surface area (Å²) in [4.78, 5) is 40.6. The molecule has 7 heteroatoms. The molecule has 3 rings (SSSR count). The van der Waals surface area contributed by atoms with Crippen molar-refractivity contribution in [1.82, 2.24) is 15.1 Å². The summed E-state index contributed by atoms with van der Waals surface area (Å²) in [6, 6.07) is 3.35. The Labute approximate surface area is 153 Å². The molecule has 0 aliphatic carbocycles. The summed E-state index contributed by atoms with van der Waals surface area (Å²) in [5, 5.41) is 2.95. The lowest BCUT2D eigenvalue weighted by Crippen LogP contribution is -2.48. The average Bonchev–Trinajstić information content (AvgIpc) is 3.24. The maximum atomic E-state index is 12.8. The van der Waals surface area contributed by atoms with Gasteiger partial charge in [0.05, 0.1) is 12.2 Å². The first-order valence-corrected chi connectivity index (χ1v) is 9.19. The number of likely N-dealkylation sites (tertiary alicyclic amines) is 2. The van der Waals surface area contributed by atoms with Crippen LogP contribution in [0.4, 0.5) is 0 Å². The highest BCUT2D eigenvalue weighted by atomic mass is 16.3. The highest BCUT2D eigenvalue weighted by Gasteiger charge is 2.41. The number of hydrogen-bond donors (Lipinski definition) is 1. The fraction of sp³-hybridized carbons (Fsp3) is 0.632. The smallest absolute Gasteiger partial charge is 0.287 e. The van der Waals surface area contributed by atoms with E-state index in [4.69, 9.17) is 4.42 Å². The Bertz CT molecular complexity index is 669. The van der Waals surface area contributed by atoms with Crippen molar-refractivity contribution in [2.45, 2.75) is 51.6 Å². The topological polar surface area (TPSA) is 82.9 Å². The van der Waals surface area contributed by atoms with Crippen molar-refractivity contribution in [3.05, 3.63) is 24.2 Å². The van der Waals surface area contributed by atoms with Gasteiger partial charge in [0.2, 0.25) is 11.8 Å². The lowest BCUT2D eigenvalue weighted by molar-refractivity contribution is -0.136. The van der Waals surface area contributed by atoms with Gasteiger partial charge < -0.3 is 19.5 Å². The van der Waals surface area contributed by atoms with E-state index in [9.17, 15) is 14.4 Å². The number of nitrogens with zero attached hydrogens (tertiary/aromatic N) is 2. The first-order chi connectivity index (χ1) is 12.3. The summed E-state index contributed by atoms with van der Waals surface area (Å²) < 4.78 is 5.10. The number of rotatable bonds is 3. The van der Waals surface area contributed by atoms with Gasteiger partial charge in [-0.1, -0.05) is 0 Å². The van der Waals surface area contributed by atoms with Crippen molar-refractivity contribution in [3.63, 3.8) is 0 Å². The van der Waals surface area contributed by atoms with Crippen LogP contribution in [0.15, 0.2) is 22.8 Å². The van der Waals surface area contributed by atoms with Crippen molar-refractivity contribution < 1.29 is 18.8 Å². The third-order valence-corrected chi connectivity index (χ3v) is 5.17. The predicted molar refractivity (Wildman–Crippen MR) is 95.3 cm³/mol. The van der Waals surface area contributed by atoms with Crippen LogP contribution in [0.5, 0.6) is 0 Å². The van der Waals surface area contributed by atoms with E-state index in [1.54, 1.807) is 17.0 Å². The third-order valence-electron chi connectivity index (χ3n) is 5.17. The second kappa shape index (κ2) is 7.13. The minimum atomic E-state index is -0.255. The summed E-state index contributed by atoms with van der Waals surface area (Å²) in [5.74, 6) is -0.0643. The molecule has 142 valence electrons. The van der Waals surface area contributed by atoms with Crippen LogP contribution in [0.25, 0.3) is 0 Å². The Kier molecular flexibility index (Phi) is 5.07. The van der Waals surface area contributed by atoms with Crippen LogP contribution in [0, 0.1) is 5.92 Å². The van der Waals surface area contributed by atoms with Crippen LogP contribution in [-0.4, -0.2) is 58.7 Å². The van der Waals surface area contributed by atoms with Crippen LogP contribution < -0.4 is 5.32 Å². The number of amides is 3. The standard InChI is InChI=1S/C19H27N3O4/c1-19(2,3)22-12-13(11-16(22)23)18(25)21-8-6-14(7-9-21)20-17(24)15-5-4-10-26-15/h4-5,10,13-14H,6-9,11-12H2,1-3H3,(H,20,24). The molecule has 2 aliphatic rings. The zero-order chi connectivity index (χ0) is 18.9. The molecule has 7 nitrogen and oxygen atoms in total. The molecule has 3 heterocycles. The molecule has 0 radical (unpaired) electrons. The molecule has 0 aromatic carbocycles. The Morgan fingerprint density at radius 2 is 1.92 bits per heavy atom. The van der Waals surface area contributed by atoms with Crippen molar-refractivity contribution in [2.24, 2.45) is 5.92 Å². The second-order valence-corrected chi connectivity index (χ2v) is 8.13. The maximum absolute atomic E-state index is 12.8. The van der Waals surface area contributed by atoms with Crippen molar-refractivity contribution in [1.29, 1.82) is 0 Å². The van der Waals surface area contributed by atoms with Crippen LogP contribution in [0.1, 0.15) is 50.6 Å². The molecule has 2 saturated heterocycles. The molecule has 1 aromatic heterocycles. The van der Waals surface area contributed by atoms with Crippen LogP contribution in [0.3, 0.4) is 0 Å².